The smallest absolute Gasteiger partial charge is 0.356 e. The van der Waals surface area contributed by atoms with Crippen LogP contribution < -0.4 is 4.74 Å². The number of carboxylic acids is 1. The number of hydrogen-bond donors (Lipinski definition) is 2. The quantitative estimate of drug-likeness (QED) is 0.884. The average Bonchev–Trinajstić information content (AvgIpc) is 2.76. The Hall–Kier alpha value is -2.50. The minimum absolute atomic E-state index is 0.0125. The van der Waals surface area contributed by atoms with E-state index < -0.39 is 5.97 Å². The number of aromatic nitrogens is 2. The number of carbonyl (C=O) groups is 1. The van der Waals surface area contributed by atoms with Crippen LogP contribution in [0.1, 0.15) is 30.4 Å². The molecule has 6 nitrogen and oxygen atoms in total. The van der Waals surface area contributed by atoms with Gasteiger partial charge in [0, 0.05) is 12.2 Å². The van der Waals surface area contributed by atoms with Gasteiger partial charge in [0.15, 0.2) is 17.2 Å². The highest BCUT2D eigenvalue weighted by Gasteiger charge is 2.17. The maximum Gasteiger partial charge on any atom is 0.356 e. The molecule has 2 rings (SSSR count). The lowest BCUT2D eigenvalue weighted by Gasteiger charge is -2.11. The summed E-state index contributed by atoms with van der Waals surface area (Å²) in [5.74, 6) is -0.925. The molecule has 0 aliphatic carbocycles. The summed E-state index contributed by atoms with van der Waals surface area (Å²) < 4.78 is 7.06. The van der Waals surface area contributed by atoms with Gasteiger partial charge in [-0.25, -0.2) is 4.79 Å². The van der Waals surface area contributed by atoms with Crippen molar-refractivity contribution in [1.82, 2.24) is 9.55 Å². The standard InChI is InChI=1S/C13H14N2O4/c1-8(2)15-7-9(12(17)18)14-13(15)19-11-6-4-3-5-10(11)16/h3-8,16H,1-2H3,(H,17,18). The molecule has 0 amide bonds. The molecule has 0 bridgehead atoms. The average molecular weight is 262 g/mol. The lowest BCUT2D eigenvalue weighted by Crippen LogP contribution is -2.02. The largest absolute Gasteiger partial charge is 0.504 e. The third-order valence-corrected chi connectivity index (χ3v) is 2.54. The molecule has 1 aromatic heterocycles. The number of phenols is 1. The Morgan fingerprint density at radius 2 is 2.05 bits per heavy atom. The Morgan fingerprint density at radius 1 is 1.37 bits per heavy atom. The fraction of sp³-hybridized carbons (Fsp3) is 0.231. The second kappa shape index (κ2) is 5.01. The van der Waals surface area contributed by atoms with E-state index in [2.05, 4.69) is 4.98 Å². The fourth-order valence-corrected chi connectivity index (χ4v) is 1.57. The Kier molecular flexibility index (Phi) is 3.41. The number of carboxylic acid groups (broad SMARTS) is 1. The zero-order chi connectivity index (χ0) is 14.0. The number of nitrogens with zero attached hydrogens (tertiary/aromatic N) is 2. The number of aromatic carboxylic acids is 1. The zero-order valence-corrected chi connectivity index (χ0v) is 10.6. The van der Waals surface area contributed by atoms with E-state index in [9.17, 15) is 9.90 Å². The van der Waals surface area contributed by atoms with Crippen LogP contribution in [0.4, 0.5) is 0 Å². The van der Waals surface area contributed by atoms with Crippen molar-refractivity contribution in [2.24, 2.45) is 0 Å². The number of phenolic OH excluding ortho intramolecular Hbond substituents is 1. The molecule has 0 atom stereocenters. The summed E-state index contributed by atoms with van der Waals surface area (Å²) in [5.41, 5.74) is -0.0980. The number of aromatic hydroxyl groups is 1. The second-order valence-corrected chi connectivity index (χ2v) is 4.28. The summed E-state index contributed by atoms with van der Waals surface area (Å²) in [5, 5.41) is 18.6. The third kappa shape index (κ3) is 2.67. The number of benzene rings is 1. The Bertz CT molecular complexity index is 604. The van der Waals surface area contributed by atoms with Crippen LogP contribution in [-0.2, 0) is 0 Å². The zero-order valence-electron chi connectivity index (χ0n) is 10.6. The van der Waals surface area contributed by atoms with E-state index in [0.29, 0.717) is 0 Å². The van der Waals surface area contributed by atoms with E-state index in [1.807, 2.05) is 13.8 Å². The highest BCUT2D eigenvalue weighted by atomic mass is 16.5. The topological polar surface area (TPSA) is 84.6 Å². The predicted molar refractivity (Wildman–Crippen MR) is 67.8 cm³/mol. The predicted octanol–water partition coefficient (Wildman–Crippen LogP) is 2.66. The van der Waals surface area contributed by atoms with Crippen molar-refractivity contribution in [3.05, 3.63) is 36.2 Å². The Labute approximate surface area is 109 Å². The van der Waals surface area contributed by atoms with Crippen molar-refractivity contribution in [2.75, 3.05) is 0 Å². The van der Waals surface area contributed by atoms with Crippen molar-refractivity contribution in [3.63, 3.8) is 0 Å². The van der Waals surface area contributed by atoms with Crippen LogP contribution in [-0.4, -0.2) is 25.7 Å². The number of hydrogen-bond acceptors (Lipinski definition) is 4. The molecule has 0 aliphatic rings. The summed E-state index contributed by atoms with van der Waals surface area (Å²) >= 11 is 0. The van der Waals surface area contributed by atoms with Gasteiger partial charge in [0.1, 0.15) is 0 Å². The maximum atomic E-state index is 10.9. The van der Waals surface area contributed by atoms with Crippen molar-refractivity contribution in [1.29, 1.82) is 0 Å². The molecule has 0 spiro atoms. The molecule has 2 N–H and O–H groups in total. The first-order valence-corrected chi connectivity index (χ1v) is 5.77. The van der Waals surface area contributed by atoms with E-state index in [1.54, 1.807) is 22.8 Å². The summed E-state index contributed by atoms with van der Waals surface area (Å²) in [4.78, 5) is 14.8. The van der Waals surface area contributed by atoms with Crippen LogP contribution in [0.5, 0.6) is 17.5 Å². The van der Waals surface area contributed by atoms with E-state index in [0.717, 1.165) is 0 Å². The molecule has 0 saturated heterocycles. The summed E-state index contributed by atoms with van der Waals surface area (Å²) in [6.07, 6.45) is 1.41. The van der Waals surface area contributed by atoms with Crippen molar-refractivity contribution in [3.8, 4) is 17.5 Å². The minimum atomic E-state index is -1.12. The van der Waals surface area contributed by atoms with Gasteiger partial charge in [0.25, 0.3) is 0 Å². The van der Waals surface area contributed by atoms with E-state index in [-0.39, 0.29) is 29.2 Å². The van der Waals surface area contributed by atoms with Gasteiger partial charge in [-0.2, -0.15) is 4.98 Å². The van der Waals surface area contributed by atoms with Crippen LogP contribution in [0.15, 0.2) is 30.5 Å². The number of ether oxygens (including phenoxy) is 1. The minimum Gasteiger partial charge on any atom is -0.504 e. The van der Waals surface area contributed by atoms with Crippen molar-refractivity contribution < 1.29 is 19.7 Å². The summed E-state index contributed by atoms with van der Waals surface area (Å²) in [6, 6.07) is 6.55. The molecule has 1 heterocycles. The van der Waals surface area contributed by atoms with Crippen LogP contribution in [0.25, 0.3) is 0 Å². The SMILES string of the molecule is CC(C)n1cc(C(=O)O)nc1Oc1ccccc1O. The molecule has 2 aromatic rings. The second-order valence-electron chi connectivity index (χ2n) is 4.28. The first kappa shape index (κ1) is 12.9. The van der Waals surface area contributed by atoms with E-state index in [1.165, 1.54) is 12.3 Å². The molecule has 100 valence electrons. The number of imidazole rings is 1. The van der Waals surface area contributed by atoms with Crippen LogP contribution in [0.2, 0.25) is 0 Å². The third-order valence-electron chi connectivity index (χ3n) is 2.54. The van der Waals surface area contributed by atoms with Gasteiger partial charge in [-0.15, -0.1) is 0 Å². The lowest BCUT2D eigenvalue weighted by molar-refractivity contribution is 0.0690. The molecule has 0 radical (unpaired) electrons. The van der Waals surface area contributed by atoms with E-state index in [4.69, 9.17) is 9.84 Å². The molecule has 19 heavy (non-hydrogen) atoms. The highest BCUT2D eigenvalue weighted by molar-refractivity contribution is 5.85. The van der Waals surface area contributed by atoms with Gasteiger partial charge in [-0.1, -0.05) is 12.1 Å². The van der Waals surface area contributed by atoms with Crippen LogP contribution >= 0.6 is 0 Å². The molecule has 0 fully saturated rings. The lowest BCUT2D eigenvalue weighted by atomic mass is 10.3. The van der Waals surface area contributed by atoms with Crippen LogP contribution in [0, 0.1) is 0 Å². The highest BCUT2D eigenvalue weighted by Crippen LogP contribution is 2.30. The number of rotatable bonds is 4. The number of para-hydroxylation sites is 2. The van der Waals surface area contributed by atoms with Gasteiger partial charge in [-0.05, 0) is 26.0 Å². The molecule has 0 aliphatic heterocycles. The van der Waals surface area contributed by atoms with Gasteiger partial charge in [-0.3, -0.25) is 4.57 Å². The molecular formula is C13H14N2O4. The first-order chi connectivity index (χ1) is 8.99. The van der Waals surface area contributed by atoms with Gasteiger partial charge < -0.3 is 14.9 Å². The first-order valence-electron chi connectivity index (χ1n) is 5.77. The normalized spacial score (nSPS) is 10.7. The Balaban J connectivity index is 2.39. The Morgan fingerprint density at radius 3 is 2.63 bits per heavy atom. The molecule has 0 unspecified atom stereocenters. The van der Waals surface area contributed by atoms with Crippen molar-refractivity contribution >= 4 is 5.97 Å². The van der Waals surface area contributed by atoms with E-state index >= 15 is 0 Å². The maximum absolute atomic E-state index is 10.9. The molecule has 1 aromatic carbocycles. The van der Waals surface area contributed by atoms with Crippen molar-refractivity contribution in [2.45, 2.75) is 19.9 Å². The van der Waals surface area contributed by atoms with Crippen LogP contribution in [0.3, 0.4) is 0 Å². The fourth-order valence-electron chi connectivity index (χ4n) is 1.57. The summed E-state index contributed by atoms with van der Waals surface area (Å²) in [6.45, 7) is 3.76. The summed E-state index contributed by atoms with van der Waals surface area (Å²) in [7, 11) is 0. The van der Waals surface area contributed by atoms with Gasteiger partial charge in [0.2, 0.25) is 0 Å². The van der Waals surface area contributed by atoms with Gasteiger partial charge >= 0.3 is 12.0 Å². The molecule has 6 heteroatoms. The molecule has 0 saturated carbocycles. The molecular weight excluding hydrogens is 248 g/mol. The monoisotopic (exact) mass is 262 g/mol. The van der Waals surface area contributed by atoms with Gasteiger partial charge in [0.05, 0.1) is 0 Å².